The predicted octanol–water partition coefficient (Wildman–Crippen LogP) is 1.32. The maximum Gasteiger partial charge on any atom is 0.249 e. The molecular weight excluding hydrogens is 330 g/mol. The fourth-order valence-electron chi connectivity index (χ4n) is 3.08. The second kappa shape index (κ2) is 6.78. The van der Waals surface area contributed by atoms with E-state index >= 15 is 0 Å². The van der Waals surface area contributed by atoms with Crippen LogP contribution in [-0.4, -0.2) is 63.8 Å². The van der Waals surface area contributed by atoms with E-state index in [4.69, 9.17) is 0 Å². The summed E-state index contributed by atoms with van der Waals surface area (Å²) < 4.78 is 27.2. The van der Waals surface area contributed by atoms with E-state index in [1.807, 2.05) is 7.05 Å². The van der Waals surface area contributed by atoms with Crippen molar-refractivity contribution in [2.24, 2.45) is 13.0 Å². The molecule has 25 heavy (non-hydrogen) atoms. The minimum absolute atomic E-state index is 0.116. The Morgan fingerprint density at radius 1 is 1.16 bits per heavy atom. The molecule has 0 spiro atoms. The van der Waals surface area contributed by atoms with Crippen molar-refractivity contribution in [1.82, 2.24) is 19.4 Å². The number of hydrogen-bond donors (Lipinski definition) is 0. The summed E-state index contributed by atoms with van der Waals surface area (Å²) >= 11 is 0. The van der Waals surface area contributed by atoms with Crippen LogP contribution in [0.5, 0.6) is 0 Å². The summed E-state index contributed by atoms with van der Waals surface area (Å²) in [6.07, 6.45) is 3.87. The predicted molar refractivity (Wildman–Crippen MR) is 87.6 cm³/mol. The van der Waals surface area contributed by atoms with Gasteiger partial charge in [-0.3, -0.25) is 9.59 Å². The Morgan fingerprint density at radius 3 is 2.28 bits per heavy atom. The molecule has 134 valence electrons. The van der Waals surface area contributed by atoms with Crippen molar-refractivity contribution in [3.05, 3.63) is 35.4 Å². The van der Waals surface area contributed by atoms with Gasteiger partial charge in [0, 0.05) is 39.3 Å². The van der Waals surface area contributed by atoms with Crippen LogP contribution in [0.1, 0.15) is 12.6 Å². The standard InChI is InChI=1S/C17H20F2N4O2/c1-11(16(18)19)17(25)23-8-12-6-22(7-13(12)9-23)15(24)4-3-14-5-20-10-21(14)2/h3-5,10-11,16H,6-9H2,1-2H3/b4-3+. The van der Waals surface area contributed by atoms with Gasteiger partial charge in [0.15, 0.2) is 0 Å². The molecule has 0 N–H and O–H groups in total. The van der Waals surface area contributed by atoms with Gasteiger partial charge < -0.3 is 14.4 Å². The Balaban J connectivity index is 1.55. The molecule has 0 saturated carbocycles. The molecule has 1 unspecified atom stereocenters. The van der Waals surface area contributed by atoms with Gasteiger partial charge in [0.1, 0.15) is 0 Å². The smallest absolute Gasteiger partial charge is 0.249 e. The van der Waals surface area contributed by atoms with Crippen LogP contribution in [-0.2, 0) is 16.6 Å². The number of imidazole rings is 1. The first-order valence-electron chi connectivity index (χ1n) is 8.07. The molecule has 2 aliphatic heterocycles. The number of alkyl halides is 2. The molecular formula is C17H20F2N4O2. The average molecular weight is 350 g/mol. The summed E-state index contributed by atoms with van der Waals surface area (Å²) in [5.74, 6) is -1.94. The van der Waals surface area contributed by atoms with Crippen molar-refractivity contribution >= 4 is 17.9 Å². The Morgan fingerprint density at radius 2 is 1.76 bits per heavy atom. The molecule has 0 fully saturated rings. The highest BCUT2D eigenvalue weighted by molar-refractivity contribution is 5.92. The van der Waals surface area contributed by atoms with E-state index in [0.717, 1.165) is 16.8 Å². The summed E-state index contributed by atoms with van der Waals surface area (Å²) in [7, 11) is 1.84. The number of carbonyl (C=O) groups excluding carboxylic acids is 2. The minimum atomic E-state index is -2.65. The molecule has 3 heterocycles. The first-order chi connectivity index (χ1) is 11.9. The summed E-state index contributed by atoms with van der Waals surface area (Å²) in [5.41, 5.74) is 2.79. The number of aromatic nitrogens is 2. The fourth-order valence-corrected chi connectivity index (χ4v) is 3.08. The van der Waals surface area contributed by atoms with Gasteiger partial charge in [-0.2, -0.15) is 0 Å². The molecule has 6 nitrogen and oxygen atoms in total. The van der Waals surface area contributed by atoms with Crippen LogP contribution in [0.4, 0.5) is 8.78 Å². The second-order valence-corrected chi connectivity index (χ2v) is 6.48. The normalized spacial score (nSPS) is 18.6. The lowest BCUT2D eigenvalue weighted by Crippen LogP contribution is -2.39. The van der Waals surface area contributed by atoms with Crippen molar-refractivity contribution in [2.45, 2.75) is 13.3 Å². The Kier molecular flexibility index (Phi) is 4.69. The summed E-state index contributed by atoms with van der Waals surface area (Å²) in [6.45, 7) is 2.80. The topological polar surface area (TPSA) is 58.4 Å². The number of hydrogen-bond acceptors (Lipinski definition) is 3. The van der Waals surface area contributed by atoms with Crippen LogP contribution < -0.4 is 0 Å². The number of amides is 2. The largest absolute Gasteiger partial charge is 0.334 e. The van der Waals surface area contributed by atoms with Crippen LogP contribution in [0, 0.1) is 5.92 Å². The highest BCUT2D eigenvalue weighted by Gasteiger charge is 2.36. The second-order valence-electron chi connectivity index (χ2n) is 6.48. The number of carbonyl (C=O) groups is 2. The molecule has 0 aliphatic carbocycles. The molecule has 0 radical (unpaired) electrons. The fraction of sp³-hybridized carbons (Fsp3) is 0.471. The van der Waals surface area contributed by atoms with Crippen molar-refractivity contribution in [3.63, 3.8) is 0 Å². The third-order valence-corrected chi connectivity index (χ3v) is 4.67. The van der Waals surface area contributed by atoms with Gasteiger partial charge in [0.25, 0.3) is 0 Å². The molecule has 1 atom stereocenters. The van der Waals surface area contributed by atoms with Gasteiger partial charge in [-0.1, -0.05) is 0 Å². The van der Waals surface area contributed by atoms with E-state index in [-0.39, 0.29) is 5.91 Å². The average Bonchev–Trinajstić information content (AvgIpc) is 3.25. The number of halogens is 2. The van der Waals surface area contributed by atoms with E-state index in [2.05, 4.69) is 4.98 Å². The molecule has 1 aromatic rings. The highest BCUT2D eigenvalue weighted by atomic mass is 19.3. The third kappa shape index (κ3) is 3.47. The molecule has 0 saturated heterocycles. The molecule has 1 aromatic heterocycles. The van der Waals surface area contributed by atoms with Crippen LogP contribution in [0.2, 0.25) is 0 Å². The highest BCUT2D eigenvalue weighted by Crippen LogP contribution is 2.27. The number of aryl methyl sites for hydroxylation is 1. The quantitative estimate of drug-likeness (QED) is 0.608. The lowest BCUT2D eigenvalue weighted by Gasteiger charge is -2.24. The molecule has 3 rings (SSSR count). The Bertz CT molecular complexity index is 736. The van der Waals surface area contributed by atoms with E-state index < -0.39 is 18.3 Å². The zero-order chi connectivity index (χ0) is 18.1. The monoisotopic (exact) mass is 350 g/mol. The molecule has 2 amide bonds. The van der Waals surface area contributed by atoms with Gasteiger partial charge >= 0.3 is 0 Å². The third-order valence-electron chi connectivity index (χ3n) is 4.67. The maximum absolute atomic E-state index is 12.7. The van der Waals surface area contributed by atoms with Crippen molar-refractivity contribution in [1.29, 1.82) is 0 Å². The summed E-state index contributed by atoms with van der Waals surface area (Å²) in [4.78, 5) is 31.4. The zero-order valence-electron chi connectivity index (χ0n) is 14.2. The van der Waals surface area contributed by atoms with E-state index in [1.165, 1.54) is 17.9 Å². The van der Waals surface area contributed by atoms with Gasteiger partial charge in [0.05, 0.1) is 24.1 Å². The lowest BCUT2D eigenvalue weighted by atomic mass is 10.1. The maximum atomic E-state index is 12.7. The van der Waals surface area contributed by atoms with E-state index in [1.54, 1.807) is 28.1 Å². The van der Waals surface area contributed by atoms with Crippen LogP contribution >= 0.6 is 0 Å². The summed E-state index contributed by atoms with van der Waals surface area (Å²) in [5, 5.41) is 0. The van der Waals surface area contributed by atoms with E-state index in [0.29, 0.717) is 26.2 Å². The van der Waals surface area contributed by atoms with Crippen molar-refractivity contribution in [3.8, 4) is 0 Å². The number of nitrogens with zero attached hydrogens (tertiary/aromatic N) is 4. The number of rotatable bonds is 4. The Hall–Kier alpha value is -2.51. The molecule has 0 aromatic carbocycles. The minimum Gasteiger partial charge on any atom is -0.334 e. The van der Waals surface area contributed by atoms with Crippen molar-refractivity contribution < 1.29 is 18.4 Å². The summed E-state index contributed by atoms with van der Waals surface area (Å²) in [6, 6.07) is 0. The lowest BCUT2D eigenvalue weighted by molar-refractivity contribution is -0.138. The van der Waals surface area contributed by atoms with Crippen LogP contribution in [0.3, 0.4) is 0 Å². The Labute approximate surface area is 144 Å². The van der Waals surface area contributed by atoms with E-state index in [9.17, 15) is 18.4 Å². The first kappa shape index (κ1) is 17.3. The van der Waals surface area contributed by atoms with Crippen molar-refractivity contribution in [2.75, 3.05) is 26.2 Å². The van der Waals surface area contributed by atoms with Gasteiger partial charge in [-0.25, -0.2) is 13.8 Å². The van der Waals surface area contributed by atoms with Gasteiger partial charge in [0.2, 0.25) is 18.2 Å². The first-order valence-corrected chi connectivity index (χ1v) is 8.07. The van der Waals surface area contributed by atoms with Gasteiger partial charge in [-0.05, 0) is 24.1 Å². The molecule has 2 aliphatic rings. The van der Waals surface area contributed by atoms with Gasteiger partial charge in [-0.15, -0.1) is 0 Å². The van der Waals surface area contributed by atoms with Crippen LogP contribution in [0.25, 0.3) is 6.08 Å². The molecule has 0 bridgehead atoms. The zero-order valence-corrected chi connectivity index (χ0v) is 14.2. The molecule has 8 heteroatoms. The SMILES string of the molecule is CC(C(=O)N1CC2=C(CN(C(=O)/C=C/c3cncn3C)C2)C1)C(F)F. The van der Waals surface area contributed by atoms with Crippen LogP contribution in [0.15, 0.2) is 29.7 Å².